The van der Waals surface area contributed by atoms with Crippen LogP contribution in [0.1, 0.15) is 29.3 Å². The molecule has 2 aromatic rings. The molecule has 0 radical (unpaired) electrons. The van der Waals surface area contributed by atoms with E-state index >= 15 is 0 Å². The van der Waals surface area contributed by atoms with E-state index in [2.05, 4.69) is 16.4 Å². The Kier molecular flexibility index (Phi) is 4.57. The minimum atomic E-state index is -0.0939. The van der Waals surface area contributed by atoms with Crippen molar-refractivity contribution in [2.45, 2.75) is 25.9 Å². The average Bonchev–Trinajstić information content (AvgIpc) is 3.03. The van der Waals surface area contributed by atoms with Crippen molar-refractivity contribution in [2.75, 3.05) is 13.1 Å². The molecule has 1 aromatic heterocycles. The number of carbonyl (C=O) groups excluding carboxylic acids is 1. The number of hydrogen-bond acceptors (Lipinski definition) is 4. The second-order valence-corrected chi connectivity index (χ2v) is 5.66. The normalized spacial score (nSPS) is 15.8. The van der Waals surface area contributed by atoms with Gasteiger partial charge in [-0.2, -0.15) is 0 Å². The zero-order valence-corrected chi connectivity index (χ0v) is 13.2. The fraction of sp³-hybridized carbons (Fsp3) is 0.333. The summed E-state index contributed by atoms with van der Waals surface area (Å²) in [6, 6.07) is 9.69. The highest BCUT2D eigenvalue weighted by Crippen LogP contribution is 2.37. The van der Waals surface area contributed by atoms with Crippen LogP contribution < -0.4 is 15.8 Å². The lowest BCUT2D eigenvalue weighted by Crippen LogP contribution is -2.24. The van der Waals surface area contributed by atoms with Gasteiger partial charge in [-0.1, -0.05) is 19.1 Å². The van der Waals surface area contributed by atoms with Gasteiger partial charge in [0.05, 0.1) is 11.3 Å². The van der Waals surface area contributed by atoms with Gasteiger partial charge in [0, 0.05) is 31.3 Å². The molecule has 0 saturated carbocycles. The Labute approximate surface area is 135 Å². The van der Waals surface area contributed by atoms with E-state index in [1.54, 1.807) is 12.3 Å². The zero-order chi connectivity index (χ0) is 16.2. The number of aromatic nitrogens is 1. The van der Waals surface area contributed by atoms with Crippen LogP contribution in [-0.2, 0) is 6.42 Å². The number of carbonyl (C=O) groups is 1. The van der Waals surface area contributed by atoms with Crippen LogP contribution in [-0.4, -0.2) is 30.1 Å². The average molecular weight is 311 g/mol. The number of rotatable bonds is 5. The number of nitrogens with two attached hydrogens (primary N) is 1. The number of amides is 1. The summed E-state index contributed by atoms with van der Waals surface area (Å²) in [6.07, 6.45) is 3.38. The molecule has 5 heteroatoms. The van der Waals surface area contributed by atoms with E-state index in [9.17, 15) is 4.79 Å². The monoisotopic (exact) mass is 311 g/mol. The largest absolute Gasteiger partial charge is 0.488 e. The lowest BCUT2D eigenvalue weighted by molar-refractivity contribution is 0.0953. The standard InChI is InChI=1S/C18H21N3O2/c1-2-8-20-18(22)13-6-7-16(21-11-13)15-5-3-4-12-9-14(10-19)23-17(12)15/h3-7,11,14H,2,8-10,19H2,1H3,(H,20,22)/t14-/m0/s1. The Morgan fingerprint density at radius 1 is 1.39 bits per heavy atom. The van der Waals surface area contributed by atoms with E-state index in [1.165, 1.54) is 0 Å². The van der Waals surface area contributed by atoms with Crippen LogP contribution in [0.5, 0.6) is 5.75 Å². The molecule has 0 aliphatic carbocycles. The summed E-state index contributed by atoms with van der Waals surface area (Å²) in [5.74, 6) is 0.766. The number of hydrogen-bond donors (Lipinski definition) is 2. The van der Waals surface area contributed by atoms with E-state index in [1.807, 2.05) is 25.1 Å². The maximum atomic E-state index is 11.9. The van der Waals surface area contributed by atoms with Crippen molar-refractivity contribution >= 4 is 5.91 Å². The van der Waals surface area contributed by atoms with Crippen molar-refractivity contribution < 1.29 is 9.53 Å². The van der Waals surface area contributed by atoms with Gasteiger partial charge in [-0.05, 0) is 30.2 Å². The topological polar surface area (TPSA) is 77.2 Å². The molecule has 23 heavy (non-hydrogen) atoms. The van der Waals surface area contributed by atoms with Gasteiger partial charge in [0.1, 0.15) is 11.9 Å². The van der Waals surface area contributed by atoms with Crippen LogP contribution in [0.15, 0.2) is 36.5 Å². The van der Waals surface area contributed by atoms with Crippen LogP contribution in [0.4, 0.5) is 0 Å². The predicted octanol–water partition coefficient (Wildman–Crippen LogP) is 2.15. The lowest BCUT2D eigenvalue weighted by atomic mass is 10.0. The van der Waals surface area contributed by atoms with Crippen molar-refractivity contribution in [3.05, 3.63) is 47.7 Å². The molecule has 0 spiro atoms. The summed E-state index contributed by atoms with van der Waals surface area (Å²) in [5.41, 5.74) is 9.17. The van der Waals surface area contributed by atoms with Gasteiger partial charge in [0.25, 0.3) is 5.91 Å². The number of nitrogens with zero attached hydrogens (tertiary/aromatic N) is 1. The Hall–Kier alpha value is -2.40. The molecule has 0 bridgehead atoms. The third-order valence-corrected chi connectivity index (χ3v) is 3.93. The van der Waals surface area contributed by atoms with Crippen LogP contribution in [0.2, 0.25) is 0 Å². The van der Waals surface area contributed by atoms with Gasteiger partial charge >= 0.3 is 0 Å². The third-order valence-electron chi connectivity index (χ3n) is 3.93. The van der Waals surface area contributed by atoms with Crippen molar-refractivity contribution in [2.24, 2.45) is 5.73 Å². The second-order valence-electron chi connectivity index (χ2n) is 5.66. The number of pyridine rings is 1. The van der Waals surface area contributed by atoms with Crippen LogP contribution in [0.3, 0.4) is 0 Å². The first-order valence-corrected chi connectivity index (χ1v) is 7.96. The Balaban J connectivity index is 1.84. The fourth-order valence-electron chi connectivity index (χ4n) is 2.70. The molecule has 2 heterocycles. The van der Waals surface area contributed by atoms with Gasteiger partial charge in [-0.25, -0.2) is 0 Å². The summed E-state index contributed by atoms with van der Waals surface area (Å²) in [7, 11) is 0. The highest BCUT2D eigenvalue weighted by atomic mass is 16.5. The molecule has 1 aromatic carbocycles. The van der Waals surface area contributed by atoms with Crippen molar-refractivity contribution in [1.82, 2.24) is 10.3 Å². The molecule has 3 N–H and O–H groups in total. The van der Waals surface area contributed by atoms with Gasteiger partial charge in [-0.3, -0.25) is 9.78 Å². The summed E-state index contributed by atoms with van der Waals surface area (Å²) < 4.78 is 5.93. The molecule has 0 saturated heterocycles. The van der Waals surface area contributed by atoms with Crippen molar-refractivity contribution in [3.63, 3.8) is 0 Å². The summed E-state index contributed by atoms with van der Waals surface area (Å²) in [6.45, 7) is 3.19. The number of ether oxygens (including phenoxy) is 1. The molecule has 5 nitrogen and oxygen atoms in total. The van der Waals surface area contributed by atoms with Crippen LogP contribution in [0, 0.1) is 0 Å². The number of nitrogens with one attached hydrogen (secondary N) is 1. The quantitative estimate of drug-likeness (QED) is 0.887. The zero-order valence-electron chi connectivity index (χ0n) is 13.2. The summed E-state index contributed by atoms with van der Waals surface area (Å²) in [5, 5.41) is 2.85. The predicted molar refractivity (Wildman–Crippen MR) is 89.5 cm³/mol. The molecular formula is C18H21N3O2. The first-order valence-electron chi connectivity index (χ1n) is 7.96. The molecule has 1 atom stereocenters. The van der Waals surface area contributed by atoms with E-state index in [4.69, 9.17) is 10.5 Å². The number of fused-ring (bicyclic) bond motifs is 1. The van der Waals surface area contributed by atoms with Crippen molar-refractivity contribution in [3.8, 4) is 17.0 Å². The molecule has 120 valence electrons. The first-order chi connectivity index (χ1) is 11.2. The van der Waals surface area contributed by atoms with Crippen LogP contribution >= 0.6 is 0 Å². The number of para-hydroxylation sites is 1. The summed E-state index contributed by atoms with van der Waals surface area (Å²) in [4.78, 5) is 16.4. The van der Waals surface area contributed by atoms with E-state index in [0.29, 0.717) is 18.7 Å². The first kappa shape index (κ1) is 15.5. The smallest absolute Gasteiger partial charge is 0.252 e. The molecule has 1 amide bonds. The maximum absolute atomic E-state index is 11.9. The highest BCUT2D eigenvalue weighted by Gasteiger charge is 2.24. The summed E-state index contributed by atoms with van der Waals surface area (Å²) >= 11 is 0. The van der Waals surface area contributed by atoms with Crippen LogP contribution in [0.25, 0.3) is 11.3 Å². The molecule has 1 aliphatic rings. The number of benzene rings is 1. The molecule has 0 unspecified atom stereocenters. The van der Waals surface area contributed by atoms with Crippen molar-refractivity contribution in [1.29, 1.82) is 0 Å². The second kappa shape index (κ2) is 6.79. The lowest BCUT2D eigenvalue weighted by Gasteiger charge is -2.10. The van der Waals surface area contributed by atoms with Gasteiger partial charge in [0.15, 0.2) is 0 Å². The minimum Gasteiger partial charge on any atom is -0.488 e. The fourth-order valence-corrected chi connectivity index (χ4v) is 2.70. The van der Waals surface area contributed by atoms with E-state index in [0.717, 1.165) is 35.4 Å². The Morgan fingerprint density at radius 2 is 2.26 bits per heavy atom. The van der Waals surface area contributed by atoms with Gasteiger partial charge in [0.2, 0.25) is 0 Å². The van der Waals surface area contributed by atoms with Gasteiger partial charge < -0.3 is 15.8 Å². The Bertz CT molecular complexity index is 698. The highest BCUT2D eigenvalue weighted by molar-refractivity contribution is 5.94. The molecular weight excluding hydrogens is 290 g/mol. The Morgan fingerprint density at radius 3 is 2.96 bits per heavy atom. The molecule has 1 aliphatic heterocycles. The third kappa shape index (κ3) is 3.19. The minimum absolute atomic E-state index is 0.0326. The maximum Gasteiger partial charge on any atom is 0.252 e. The van der Waals surface area contributed by atoms with Gasteiger partial charge in [-0.15, -0.1) is 0 Å². The van der Waals surface area contributed by atoms with E-state index in [-0.39, 0.29) is 12.0 Å². The SMILES string of the molecule is CCCNC(=O)c1ccc(-c2cccc3c2O[C@H](CN)C3)nc1. The molecule has 3 rings (SSSR count). The van der Waals surface area contributed by atoms with E-state index < -0.39 is 0 Å². The molecule has 0 fully saturated rings.